The van der Waals surface area contributed by atoms with E-state index in [-0.39, 0.29) is 0 Å². The van der Waals surface area contributed by atoms with Gasteiger partial charge in [0.2, 0.25) is 0 Å². The van der Waals surface area contributed by atoms with Crippen molar-refractivity contribution < 1.29 is 4.74 Å². The van der Waals surface area contributed by atoms with E-state index < -0.39 is 0 Å². The summed E-state index contributed by atoms with van der Waals surface area (Å²) >= 11 is 0. The molecule has 1 N–H and O–H groups in total. The van der Waals surface area contributed by atoms with Crippen LogP contribution in [0.5, 0.6) is 0 Å². The Balaban J connectivity index is 1.85. The van der Waals surface area contributed by atoms with Crippen LogP contribution in [-0.4, -0.2) is 51.3 Å². The van der Waals surface area contributed by atoms with Crippen molar-refractivity contribution in [3.63, 3.8) is 0 Å². The molecule has 0 amide bonds. The van der Waals surface area contributed by atoms with Gasteiger partial charge in [-0.05, 0) is 14.1 Å². The predicted molar refractivity (Wildman–Crippen MR) is 41.2 cm³/mol. The van der Waals surface area contributed by atoms with Crippen molar-refractivity contribution in [1.29, 1.82) is 0 Å². The molecule has 1 saturated heterocycles. The second-order valence-corrected chi connectivity index (χ2v) is 2.99. The fourth-order valence-corrected chi connectivity index (χ4v) is 0.846. The SMILES string of the molecule is CN(C)CCNC1COC1. The van der Waals surface area contributed by atoms with E-state index in [1.807, 2.05) is 0 Å². The highest BCUT2D eigenvalue weighted by Crippen LogP contribution is 1.97. The highest BCUT2D eigenvalue weighted by atomic mass is 16.5. The van der Waals surface area contributed by atoms with Crippen LogP contribution in [0, 0.1) is 0 Å². The third-order valence-electron chi connectivity index (χ3n) is 1.63. The quantitative estimate of drug-likeness (QED) is 0.577. The average molecular weight is 144 g/mol. The minimum atomic E-state index is 0.625. The normalized spacial score (nSPS) is 19.5. The maximum Gasteiger partial charge on any atom is 0.0643 e. The van der Waals surface area contributed by atoms with Gasteiger partial charge in [-0.15, -0.1) is 0 Å². The first-order valence-corrected chi connectivity index (χ1v) is 3.75. The van der Waals surface area contributed by atoms with Crippen molar-refractivity contribution in [1.82, 2.24) is 10.2 Å². The van der Waals surface area contributed by atoms with Crippen LogP contribution in [0.3, 0.4) is 0 Å². The summed E-state index contributed by atoms with van der Waals surface area (Å²) in [5.74, 6) is 0. The highest BCUT2D eigenvalue weighted by molar-refractivity contribution is 4.72. The Labute approximate surface area is 62.3 Å². The number of ether oxygens (including phenoxy) is 1. The zero-order valence-electron chi connectivity index (χ0n) is 6.76. The first kappa shape index (κ1) is 7.98. The fourth-order valence-electron chi connectivity index (χ4n) is 0.846. The van der Waals surface area contributed by atoms with Crippen LogP contribution in [0.1, 0.15) is 0 Å². The van der Waals surface area contributed by atoms with Crippen LogP contribution in [0.15, 0.2) is 0 Å². The molecule has 1 aliphatic rings. The van der Waals surface area contributed by atoms with E-state index in [0.717, 1.165) is 26.3 Å². The fraction of sp³-hybridized carbons (Fsp3) is 1.00. The van der Waals surface area contributed by atoms with Gasteiger partial charge in [0.05, 0.1) is 19.3 Å². The Morgan fingerprint density at radius 3 is 2.60 bits per heavy atom. The Hall–Kier alpha value is -0.120. The van der Waals surface area contributed by atoms with Crippen molar-refractivity contribution >= 4 is 0 Å². The highest BCUT2D eigenvalue weighted by Gasteiger charge is 2.16. The van der Waals surface area contributed by atoms with Gasteiger partial charge in [0, 0.05) is 13.1 Å². The van der Waals surface area contributed by atoms with E-state index in [2.05, 4.69) is 24.3 Å². The smallest absolute Gasteiger partial charge is 0.0643 e. The lowest BCUT2D eigenvalue weighted by Crippen LogP contribution is -2.47. The average Bonchev–Trinajstić information content (AvgIpc) is 1.75. The van der Waals surface area contributed by atoms with Crippen LogP contribution in [0.4, 0.5) is 0 Å². The minimum Gasteiger partial charge on any atom is -0.378 e. The molecule has 60 valence electrons. The maximum atomic E-state index is 5.02. The monoisotopic (exact) mass is 144 g/mol. The molecule has 0 unspecified atom stereocenters. The standard InChI is InChI=1S/C7H16N2O/c1-9(2)4-3-8-7-5-10-6-7/h7-8H,3-6H2,1-2H3. The van der Waals surface area contributed by atoms with E-state index in [1.54, 1.807) is 0 Å². The number of hydrogen-bond donors (Lipinski definition) is 1. The lowest BCUT2D eigenvalue weighted by atomic mass is 10.2. The van der Waals surface area contributed by atoms with Gasteiger partial charge in [-0.1, -0.05) is 0 Å². The van der Waals surface area contributed by atoms with E-state index in [1.165, 1.54) is 0 Å². The third-order valence-corrected chi connectivity index (χ3v) is 1.63. The molecule has 0 aromatic carbocycles. The van der Waals surface area contributed by atoms with E-state index in [0.29, 0.717) is 6.04 Å². The van der Waals surface area contributed by atoms with Crippen molar-refractivity contribution in [3.05, 3.63) is 0 Å². The molecule has 0 bridgehead atoms. The Kier molecular flexibility index (Phi) is 3.12. The molecule has 0 aliphatic carbocycles. The van der Waals surface area contributed by atoms with Crippen molar-refractivity contribution in [3.8, 4) is 0 Å². The maximum absolute atomic E-state index is 5.02. The Morgan fingerprint density at radius 1 is 1.50 bits per heavy atom. The minimum absolute atomic E-state index is 0.625. The van der Waals surface area contributed by atoms with Crippen LogP contribution >= 0.6 is 0 Å². The van der Waals surface area contributed by atoms with Gasteiger partial charge in [-0.3, -0.25) is 0 Å². The second-order valence-electron chi connectivity index (χ2n) is 2.99. The molecule has 0 spiro atoms. The summed E-state index contributed by atoms with van der Waals surface area (Å²) in [4.78, 5) is 2.17. The van der Waals surface area contributed by atoms with Crippen molar-refractivity contribution in [2.75, 3.05) is 40.4 Å². The Morgan fingerprint density at radius 2 is 2.20 bits per heavy atom. The number of nitrogens with one attached hydrogen (secondary N) is 1. The molecule has 1 fully saturated rings. The summed E-state index contributed by atoms with van der Waals surface area (Å²) in [6.07, 6.45) is 0. The number of hydrogen-bond acceptors (Lipinski definition) is 3. The summed E-state index contributed by atoms with van der Waals surface area (Å²) in [7, 11) is 4.16. The Bertz CT molecular complexity index is 91.6. The van der Waals surface area contributed by atoms with Crippen LogP contribution < -0.4 is 5.32 Å². The predicted octanol–water partition coefficient (Wildman–Crippen LogP) is -0.464. The van der Waals surface area contributed by atoms with Crippen LogP contribution in [0.25, 0.3) is 0 Å². The summed E-state index contributed by atoms with van der Waals surface area (Å²) < 4.78 is 5.02. The van der Waals surface area contributed by atoms with Gasteiger partial charge in [-0.25, -0.2) is 0 Å². The van der Waals surface area contributed by atoms with Gasteiger partial charge in [0.1, 0.15) is 0 Å². The van der Waals surface area contributed by atoms with E-state index in [9.17, 15) is 0 Å². The molecule has 3 heteroatoms. The molecule has 1 heterocycles. The molecule has 0 aromatic heterocycles. The number of likely N-dealkylation sites (N-methyl/N-ethyl adjacent to an activating group) is 1. The molecule has 1 aliphatic heterocycles. The molecule has 0 atom stereocenters. The van der Waals surface area contributed by atoms with E-state index >= 15 is 0 Å². The van der Waals surface area contributed by atoms with Crippen molar-refractivity contribution in [2.24, 2.45) is 0 Å². The molecule has 0 radical (unpaired) electrons. The third kappa shape index (κ3) is 2.64. The molecule has 10 heavy (non-hydrogen) atoms. The summed E-state index contributed by atoms with van der Waals surface area (Å²) in [5, 5.41) is 3.38. The lowest BCUT2D eigenvalue weighted by Gasteiger charge is -2.27. The molecule has 0 saturated carbocycles. The van der Waals surface area contributed by atoms with Gasteiger partial charge >= 0.3 is 0 Å². The second kappa shape index (κ2) is 3.91. The summed E-state index contributed by atoms with van der Waals surface area (Å²) in [5.41, 5.74) is 0. The zero-order valence-corrected chi connectivity index (χ0v) is 6.76. The summed E-state index contributed by atoms with van der Waals surface area (Å²) in [6.45, 7) is 3.97. The first-order chi connectivity index (χ1) is 4.79. The van der Waals surface area contributed by atoms with Gasteiger partial charge < -0.3 is 15.0 Å². The molecule has 3 nitrogen and oxygen atoms in total. The van der Waals surface area contributed by atoms with Crippen LogP contribution in [0.2, 0.25) is 0 Å². The van der Waals surface area contributed by atoms with Gasteiger partial charge in [0.15, 0.2) is 0 Å². The van der Waals surface area contributed by atoms with Crippen molar-refractivity contribution in [2.45, 2.75) is 6.04 Å². The molecular weight excluding hydrogens is 128 g/mol. The zero-order chi connectivity index (χ0) is 7.40. The van der Waals surface area contributed by atoms with Crippen LogP contribution in [-0.2, 0) is 4.74 Å². The topological polar surface area (TPSA) is 24.5 Å². The lowest BCUT2D eigenvalue weighted by molar-refractivity contribution is -0.00530. The molecule has 1 rings (SSSR count). The largest absolute Gasteiger partial charge is 0.378 e. The number of rotatable bonds is 4. The molecular formula is C7H16N2O. The summed E-state index contributed by atoms with van der Waals surface area (Å²) in [6, 6.07) is 0.625. The van der Waals surface area contributed by atoms with Gasteiger partial charge in [-0.2, -0.15) is 0 Å². The van der Waals surface area contributed by atoms with E-state index in [4.69, 9.17) is 4.74 Å². The number of nitrogens with zero attached hydrogens (tertiary/aromatic N) is 1. The molecule has 0 aromatic rings. The van der Waals surface area contributed by atoms with Gasteiger partial charge in [0.25, 0.3) is 0 Å². The first-order valence-electron chi connectivity index (χ1n) is 3.75.